The zero-order valence-corrected chi connectivity index (χ0v) is 17.6. The molecule has 0 bridgehead atoms. The molecule has 0 fully saturated rings. The molecule has 0 radical (unpaired) electrons. The lowest BCUT2D eigenvalue weighted by atomic mass is 10.3. The summed E-state index contributed by atoms with van der Waals surface area (Å²) in [6, 6.07) is 5.32. The van der Waals surface area contributed by atoms with Crippen LogP contribution in [0.25, 0.3) is 0 Å². The molecule has 0 spiro atoms. The van der Waals surface area contributed by atoms with Crippen LogP contribution < -0.4 is 5.32 Å². The van der Waals surface area contributed by atoms with Crippen molar-refractivity contribution >= 4 is 26.6 Å². The molecular weight excluding hydrogens is 398 g/mol. The highest BCUT2D eigenvalue weighted by Gasteiger charge is 2.51. The number of rotatable bonds is 13. The van der Waals surface area contributed by atoms with E-state index in [1.54, 1.807) is 27.7 Å². The lowest BCUT2D eigenvalue weighted by molar-refractivity contribution is -0.384. The third kappa shape index (κ3) is 6.38. The van der Waals surface area contributed by atoms with E-state index in [1.165, 1.54) is 24.3 Å². The lowest BCUT2D eigenvalue weighted by Gasteiger charge is -2.32. The molecule has 0 aromatic heterocycles. The number of nitro groups is 1. The second-order valence-electron chi connectivity index (χ2n) is 5.07. The first-order chi connectivity index (χ1) is 12.8. The Morgan fingerprint density at radius 1 is 0.889 bits per heavy atom. The van der Waals surface area contributed by atoms with Crippen LogP contribution in [-0.4, -0.2) is 36.9 Å². The van der Waals surface area contributed by atoms with Crippen molar-refractivity contribution in [2.75, 3.05) is 31.7 Å². The largest absolute Gasteiger partial charge is 0.365 e. The molecule has 1 aromatic rings. The zero-order chi connectivity index (χ0) is 20.5. The van der Waals surface area contributed by atoms with Gasteiger partial charge in [-0.1, -0.05) is 0 Å². The molecule has 0 atom stereocenters. The van der Waals surface area contributed by atoms with Crippen LogP contribution in [0.15, 0.2) is 24.3 Å². The van der Waals surface area contributed by atoms with Crippen molar-refractivity contribution in [3.63, 3.8) is 0 Å². The number of nitrogens with one attached hydrogen (secondary N) is 1. The number of benzene rings is 1. The van der Waals surface area contributed by atoms with Crippen LogP contribution in [-0.2, 0) is 27.2 Å². The first-order valence-electron chi connectivity index (χ1n) is 8.54. The standard InChI is InChI=1S/C15H26N2O8P2/c1-5-22-26(20,23-6-2)15(27(21,24-7-3)25-8-4)16-13-9-11-14(12-10-13)17(18)19/h9-12,15-16H,5-8H2,1-4H3. The minimum absolute atomic E-state index is 0.0496. The fourth-order valence-corrected chi connectivity index (χ4v) is 7.19. The van der Waals surface area contributed by atoms with Gasteiger partial charge in [0.2, 0.25) is 5.52 Å². The van der Waals surface area contributed by atoms with E-state index in [1.807, 2.05) is 0 Å². The van der Waals surface area contributed by atoms with E-state index in [0.717, 1.165) is 0 Å². The third-order valence-corrected chi connectivity index (χ3v) is 8.83. The monoisotopic (exact) mass is 424 g/mol. The van der Waals surface area contributed by atoms with Gasteiger partial charge in [-0.2, -0.15) is 0 Å². The van der Waals surface area contributed by atoms with Gasteiger partial charge in [0.05, 0.1) is 31.4 Å². The summed E-state index contributed by atoms with van der Waals surface area (Å²) in [6.07, 6.45) is 0. The molecule has 0 aliphatic rings. The summed E-state index contributed by atoms with van der Waals surface area (Å²) < 4.78 is 48.0. The Morgan fingerprint density at radius 3 is 1.56 bits per heavy atom. The van der Waals surface area contributed by atoms with Crippen LogP contribution in [0.1, 0.15) is 27.7 Å². The van der Waals surface area contributed by atoms with Crippen LogP contribution in [0.3, 0.4) is 0 Å². The SMILES string of the molecule is CCOP(=O)(OCC)C(Nc1ccc([N+](=O)[O-])cc1)P(=O)(OCC)OCC. The molecule has 0 aliphatic heterocycles. The van der Waals surface area contributed by atoms with Crippen molar-refractivity contribution < 1.29 is 32.1 Å². The molecule has 12 heteroatoms. The van der Waals surface area contributed by atoms with Crippen LogP contribution in [0.5, 0.6) is 0 Å². The minimum Gasteiger partial charge on any atom is -0.362 e. The van der Waals surface area contributed by atoms with Crippen LogP contribution in [0, 0.1) is 10.1 Å². The quantitative estimate of drug-likeness (QED) is 0.269. The number of anilines is 1. The summed E-state index contributed by atoms with van der Waals surface area (Å²) in [6.45, 7) is 6.70. The van der Waals surface area contributed by atoms with Crippen molar-refractivity contribution in [3.05, 3.63) is 34.4 Å². The van der Waals surface area contributed by atoms with Crippen LogP contribution in [0.4, 0.5) is 11.4 Å². The average molecular weight is 424 g/mol. The maximum atomic E-state index is 13.3. The summed E-state index contributed by atoms with van der Waals surface area (Å²) in [4.78, 5) is 10.3. The van der Waals surface area contributed by atoms with Crippen molar-refractivity contribution in [1.29, 1.82) is 0 Å². The fraction of sp³-hybridized carbons (Fsp3) is 0.600. The molecule has 1 N–H and O–H groups in total. The first-order valence-corrected chi connectivity index (χ1v) is 11.8. The van der Waals surface area contributed by atoms with Crippen molar-refractivity contribution in [2.45, 2.75) is 33.2 Å². The van der Waals surface area contributed by atoms with Gasteiger partial charge in [0.1, 0.15) is 0 Å². The molecule has 1 rings (SSSR count). The Balaban J connectivity index is 3.36. The van der Waals surface area contributed by atoms with Gasteiger partial charge < -0.3 is 23.4 Å². The van der Waals surface area contributed by atoms with Gasteiger partial charge in [-0.3, -0.25) is 19.2 Å². The number of hydrogen-bond donors (Lipinski definition) is 1. The molecular formula is C15H26N2O8P2. The number of nitrogens with zero attached hydrogens (tertiary/aromatic N) is 1. The van der Waals surface area contributed by atoms with E-state index in [2.05, 4.69) is 5.32 Å². The maximum absolute atomic E-state index is 13.3. The smallest absolute Gasteiger partial charge is 0.362 e. The van der Waals surface area contributed by atoms with E-state index in [4.69, 9.17) is 18.1 Å². The Kier molecular flexibility index (Phi) is 9.59. The normalized spacial score (nSPS) is 12.3. The highest BCUT2D eigenvalue weighted by molar-refractivity contribution is 7.72. The molecule has 0 aliphatic carbocycles. The Morgan fingerprint density at radius 2 is 1.26 bits per heavy atom. The van der Waals surface area contributed by atoms with Crippen LogP contribution >= 0.6 is 15.2 Å². The van der Waals surface area contributed by atoms with Gasteiger partial charge in [0.15, 0.2) is 0 Å². The Bertz CT molecular complexity index is 648. The van der Waals surface area contributed by atoms with Crippen molar-refractivity contribution in [1.82, 2.24) is 0 Å². The average Bonchev–Trinajstić information content (AvgIpc) is 2.60. The number of hydrogen-bond acceptors (Lipinski definition) is 9. The van der Waals surface area contributed by atoms with Crippen LogP contribution in [0.2, 0.25) is 0 Å². The van der Waals surface area contributed by atoms with Gasteiger partial charge in [0, 0.05) is 17.8 Å². The fourth-order valence-electron chi connectivity index (χ4n) is 2.24. The topological polar surface area (TPSA) is 126 Å². The lowest BCUT2D eigenvalue weighted by Crippen LogP contribution is -2.25. The highest BCUT2D eigenvalue weighted by Crippen LogP contribution is 2.70. The zero-order valence-electron chi connectivity index (χ0n) is 15.8. The highest BCUT2D eigenvalue weighted by atomic mass is 31.2. The van der Waals surface area contributed by atoms with E-state index in [0.29, 0.717) is 5.69 Å². The first kappa shape index (κ1) is 23.8. The molecule has 0 saturated heterocycles. The van der Waals surface area contributed by atoms with E-state index >= 15 is 0 Å². The van der Waals surface area contributed by atoms with E-state index in [-0.39, 0.29) is 32.1 Å². The van der Waals surface area contributed by atoms with Gasteiger partial charge in [-0.05, 0) is 39.8 Å². The molecule has 0 amide bonds. The van der Waals surface area contributed by atoms with Gasteiger partial charge >= 0.3 is 15.2 Å². The molecule has 0 heterocycles. The van der Waals surface area contributed by atoms with Gasteiger partial charge in [0.25, 0.3) is 5.69 Å². The summed E-state index contributed by atoms with van der Waals surface area (Å²) in [5, 5.41) is 13.6. The van der Waals surface area contributed by atoms with E-state index in [9.17, 15) is 19.2 Å². The van der Waals surface area contributed by atoms with Crippen molar-refractivity contribution in [3.8, 4) is 0 Å². The molecule has 27 heavy (non-hydrogen) atoms. The molecule has 10 nitrogen and oxygen atoms in total. The summed E-state index contributed by atoms with van der Waals surface area (Å²) in [7, 11) is -7.93. The molecule has 0 saturated carbocycles. The second kappa shape index (κ2) is 10.9. The minimum atomic E-state index is -3.96. The Hall–Kier alpha value is -1.28. The second-order valence-corrected chi connectivity index (χ2v) is 9.71. The van der Waals surface area contributed by atoms with Crippen molar-refractivity contribution in [2.24, 2.45) is 0 Å². The maximum Gasteiger partial charge on any atom is 0.365 e. The number of nitro benzene ring substituents is 1. The molecule has 0 unspecified atom stereocenters. The summed E-state index contributed by atoms with van der Waals surface area (Å²) in [5.74, 6) is 0. The summed E-state index contributed by atoms with van der Waals surface area (Å²) >= 11 is 0. The number of non-ortho nitro benzene ring substituents is 1. The molecule has 154 valence electrons. The third-order valence-electron chi connectivity index (χ3n) is 3.21. The molecule has 1 aromatic carbocycles. The predicted octanol–water partition coefficient (Wildman–Crippen LogP) is 4.82. The predicted molar refractivity (Wildman–Crippen MR) is 102 cm³/mol. The van der Waals surface area contributed by atoms with E-state index < -0.39 is 25.6 Å². The summed E-state index contributed by atoms with van der Waals surface area (Å²) in [5.41, 5.74) is -1.23. The Labute approximate surface area is 158 Å². The van der Waals surface area contributed by atoms with Gasteiger partial charge in [-0.25, -0.2) is 0 Å². The van der Waals surface area contributed by atoms with Gasteiger partial charge in [-0.15, -0.1) is 0 Å².